The third-order valence-electron chi connectivity index (χ3n) is 4.43. The van der Waals surface area contributed by atoms with Crippen LogP contribution in [-0.4, -0.2) is 37.2 Å². The number of likely N-dealkylation sites (tertiary alicyclic amines) is 1. The Balaban J connectivity index is 1.87. The average molecular weight is 262 g/mol. The molecule has 3 heteroatoms. The van der Waals surface area contributed by atoms with E-state index >= 15 is 0 Å². The fraction of sp³-hybridized carbons (Fsp3) is 0.625. The molecule has 1 saturated heterocycles. The van der Waals surface area contributed by atoms with Gasteiger partial charge < -0.3 is 10.5 Å². The second kappa shape index (κ2) is 6.40. The van der Waals surface area contributed by atoms with Crippen LogP contribution in [0.25, 0.3) is 0 Å². The van der Waals surface area contributed by atoms with Crippen LogP contribution in [-0.2, 0) is 0 Å². The molecule has 1 heterocycles. The van der Waals surface area contributed by atoms with Gasteiger partial charge in [-0.2, -0.15) is 0 Å². The van der Waals surface area contributed by atoms with Crippen LogP contribution >= 0.6 is 0 Å². The fourth-order valence-electron chi connectivity index (χ4n) is 2.90. The zero-order chi connectivity index (χ0) is 13.7. The summed E-state index contributed by atoms with van der Waals surface area (Å²) < 4.78 is 5.86. The molecule has 1 unspecified atom stereocenters. The lowest BCUT2D eigenvalue weighted by atomic mass is 9.84. The summed E-state index contributed by atoms with van der Waals surface area (Å²) in [5, 5.41) is 0. The molecule has 1 aliphatic rings. The summed E-state index contributed by atoms with van der Waals surface area (Å²) in [5.41, 5.74) is 7.43. The maximum Gasteiger partial charge on any atom is 0.119 e. The second-order valence-electron chi connectivity index (χ2n) is 5.72. The molecule has 1 aromatic carbocycles. The first-order chi connectivity index (χ1) is 9.16. The van der Waals surface area contributed by atoms with Crippen molar-refractivity contribution in [1.82, 2.24) is 4.90 Å². The Morgan fingerprint density at radius 3 is 2.63 bits per heavy atom. The minimum absolute atomic E-state index is 0.142. The number of benzene rings is 1. The monoisotopic (exact) mass is 262 g/mol. The van der Waals surface area contributed by atoms with E-state index in [-0.39, 0.29) is 5.54 Å². The number of ether oxygens (including phenoxy) is 1. The van der Waals surface area contributed by atoms with Gasteiger partial charge in [0.05, 0.1) is 6.61 Å². The van der Waals surface area contributed by atoms with Crippen molar-refractivity contribution < 1.29 is 4.74 Å². The van der Waals surface area contributed by atoms with Gasteiger partial charge in [-0.25, -0.2) is 0 Å². The number of nitrogens with zero attached hydrogens (tertiary/aromatic N) is 1. The molecule has 1 aliphatic heterocycles. The second-order valence-corrected chi connectivity index (χ2v) is 5.72. The maximum atomic E-state index is 6.03. The van der Waals surface area contributed by atoms with Crippen molar-refractivity contribution in [2.24, 2.45) is 5.73 Å². The molecule has 3 nitrogen and oxygen atoms in total. The molecule has 19 heavy (non-hydrogen) atoms. The lowest BCUT2D eigenvalue weighted by Crippen LogP contribution is -2.55. The molecular weight excluding hydrogens is 236 g/mol. The number of hydrogen-bond donors (Lipinski definition) is 1. The zero-order valence-electron chi connectivity index (χ0n) is 12.2. The van der Waals surface area contributed by atoms with Crippen molar-refractivity contribution in [3.63, 3.8) is 0 Å². The van der Waals surface area contributed by atoms with Gasteiger partial charge in [0.2, 0.25) is 0 Å². The molecule has 1 aromatic rings. The summed E-state index contributed by atoms with van der Waals surface area (Å²) in [4.78, 5) is 2.43. The zero-order valence-corrected chi connectivity index (χ0v) is 12.2. The third-order valence-corrected chi connectivity index (χ3v) is 4.43. The molecule has 0 aliphatic carbocycles. The first-order valence-corrected chi connectivity index (χ1v) is 7.27. The molecule has 0 saturated carbocycles. The Kier molecular flexibility index (Phi) is 4.83. The van der Waals surface area contributed by atoms with Gasteiger partial charge in [-0.05, 0) is 45.5 Å². The molecule has 0 bridgehead atoms. The largest absolute Gasteiger partial charge is 0.494 e. The molecule has 0 amide bonds. The molecular formula is C16H26N2O. The summed E-state index contributed by atoms with van der Waals surface area (Å²) in [5.74, 6) is 0.955. The molecule has 0 radical (unpaired) electrons. The number of piperidine rings is 1. The Morgan fingerprint density at radius 1 is 1.26 bits per heavy atom. The van der Waals surface area contributed by atoms with E-state index in [0.717, 1.165) is 31.9 Å². The van der Waals surface area contributed by atoms with Crippen LogP contribution in [0.2, 0.25) is 0 Å². The molecule has 2 rings (SSSR count). The van der Waals surface area contributed by atoms with Crippen molar-refractivity contribution >= 4 is 0 Å². The minimum Gasteiger partial charge on any atom is -0.494 e. The van der Waals surface area contributed by atoms with E-state index in [4.69, 9.17) is 10.5 Å². The lowest BCUT2D eigenvalue weighted by Gasteiger charge is -2.44. The van der Waals surface area contributed by atoms with E-state index < -0.39 is 0 Å². The predicted octanol–water partition coefficient (Wildman–Crippen LogP) is 2.58. The number of likely N-dealkylation sites (N-methyl/N-ethyl adjacent to an activating group) is 1. The number of aryl methyl sites for hydroxylation is 1. The standard InChI is InChI=1S/C16H26N2O/c1-14-5-7-15(8-6-14)19-12-10-16(13-17)9-3-4-11-18(16)2/h5-8H,3-4,9-13,17H2,1-2H3. The van der Waals surface area contributed by atoms with Gasteiger partial charge in [-0.3, -0.25) is 4.90 Å². The highest BCUT2D eigenvalue weighted by Gasteiger charge is 2.34. The van der Waals surface area contributed by atoms with Crippen LogP contribution in [0.1, 0.15) is 31.2 Å². The van der Waals surface area contributed by atoms with Gasteiger partial charge in [0, 0.05) is 18.5 Å². The van der Waals surface area contributed by atoms with E-state index in [2.05, 4.69) is 31.0 Å². The first kappa shape index (κ1) is 14.4. The van der Waals surface area contributed by atoms with Gasteiger partial charge in [-0.1, -0.05) is 24.1 Å². The lowest BCUT2D eigenvalue weighted by molar-refractivity contribution is 0.0579. The number of rotatable bonds is 5. The molecule has 2 N–H and O–H groups in total. The Morgan fingerprint density at radius 2 is 2.00 bits per heavy atom. The minimum atomic E-state index is 0.142. The highest BCUT2D eigenvalue weighted by atomic mass is 16.5. The van der Waals surface area contributed by atoms with Crippen LogP contribution in [0.4, 0.5) is 0 Å². The highest BCUT2D eigenvalue weighted by molar-refractivity contribution is 5.26. The summed E-state index contributed by atoms with van der Waals surface area (Å²) in [6, 6.07) is 8.24. The normalized spacial score (nSPS) is 24.4. The van der Waals surface area contributed by atoms with Crippen LogP contribution in [0.5, 0.6) is 5.75 Å². The summed E-state index contributed by atoms with van der Waals surface area (Å²) in [7, 11) is 2.19. The van der Waals surface area contributed by atoms with E-state index in [9.17, 15) is 0 Å². The van der Waals surface area contributed by atoms with Gasteiger partial charge in [-0.15, -0.1) is 0 Å². The summed E-state index contributed by atoms with van der Waals surface area (Å²) >= 11 is 0. The third kappa shape index (κ3) is 3.48. The number of hydrogen-bond acceptors (Lipinski definition) is 3. The van der Waals surface area contributed by atoms with Crippen molar-refractivity contribution in [3.8, 4) is 5.75 Å². The summed E-state index contributed by atoms with van der Waals surface area (Å²) in [6.45, 7) is 4.71. The maximum absolute atomic E-state index is 6.03. The fourth-order valence-corrected chi connectivity index (χ4v) is 2.90. The molecule has 1 fully saturated rings. The van der Waals surface area contributed by atoms with Gasteiger partial charge >= 0.3 is 0 Å². The Hall–Kier alpha value is -1.06. The van der Waals surface area contributed by atoms with Crippen LogP contribution in [0.3, 0.4) is 0 Å². The SMILES string of the molecule is Cc1ccc(OCCC2(CN)CCCCN2C)cc1. The number of nitrogens with two attached hydrogens (primary N) is 1. The Bertz CT molecular complexity index is 390. The topological polar surface area (TPSA) is 38.5 Å². The van der Waals surface area contributed by atoms with Crippen LogP contribution < -0.4 is 10.5 Å². The van der Waals surface area contributed by atoms with Crippen molar-refractivity contribution in [3.05, 3.63) is 29.8 Å². The van der Waals surface area contributed by atoms with Crippen LogP contribution in [0, 0.1) is 6.92 Å². The molecule has 1 atom stereocenters. The van der Waals surface area contributed by atoms with E-state index in [1.54, 1.807) is 0 Å². The smallest absolute Gasteiger partial charge is 0.119 e. The molecule has 0 spiro atoms. The van der Waals surface area contributed by atoms with Crippen molar-refractivity contribution in [2.45, 2.75) is 38.1 Å². The Labute approximate surface area is 116 Å². The average Bonchev–Trinajstić information content (AvgIpc) is 2.43. The van der Waals surface area contributed by atoms with E-state index in [1.807, 2.05) is 12.1 Å². The first-order valence-electron chi connectivity index (χ1n) is 7.27. The van der Waals surface area contributed by atoms with Gasteiger partial charge in [0.1, 0.15) is 5.75 Å². The summed E-state index contributed by atoms with van der Waals surface area (Å²) in [6.07, 6.45) is 4.77. The highest BCUT2D eigenvalue weighted by Crippen LogP contribution is 2.29. The predicted molar refractivity (Wildman–Crippen MR) is 79.6 cm³/mol. The molecule has 0 aromatic heterocycles. The van der Waals surface area contributed by atoms with Crippen LogP contribution in [0.15, 0.2) is 24.3 Å². The van der Waals surface area contributed by atoms with Gasteiger partial charge in [0.25, 0.3) is 0 Å². The van der Waals surface area contributed by atoms with Crippen molar-refractivity contribution in [1.29, 1.82) is 0 Å². The van der Waals surface area contributed by atoms with Crippen molar-refractivity contribution in [2.75, 3.05) is 26.7 Å². The van der Waals surface area contributed by atoms with E-state index in [1.165, 1.54) is 24.8 Å². The molecule has 106 valence electrons. The van der Waals surface area contributed by atoms with E-state index in [0.29, 0.717) is 0 Å². The van der Waals surface area contributed by atoms with Gasteiger partial charge in [0.15, 0.2) is 0 Å². The quantitative estimate of drug-likeness (QED) is 0.886.